The fourth-order valence-electron chi connectivity index (χ4n) is 1.80. The van der Waals surface area contributed by atoms with Crippen LogP contribution in [0.1, 0.15) is 42.4 Å². The second kappa shape index (κ2) is 8.37. The van der Waals surface area contributed by atoms with Crippen LogP contribution in [0.4, 0.5) is 0 Å². The van der Waals surface area contributed by atoms with E-state index in [0.717, 1.165) is 11.3 Å². The summed E-state index contributed by atoms with van der Waals surface area (Å²) in [5.41, 5.74) is 0.0151. The number of hydrogen-bond donors (Lipinski definition) is 1. The Hall–Kier alpha value is -1.29. The van der Waals surface area contributed by atoms with Crippen LogP contribution >= 0.6 is 34.5 Å². The van der Waals surface area contributed by atoms with Crippen LogP contribution < -0.4 is 5.32 Å². The number of halogens is 2. The number of nitrogens with one attached hydrogen (secondary N) is 1. The van der Waals surface area contributed by atoms with Crippen LogP contribution in [0, 0.1) is 17.2 Å². The first-order valence-electron chi connectivity index (χ1n) is 6.67. The van der Waals surface area contributed by atoms with Crippen LogP contribution in [0.3, 0.4) is 0 Å². The molecule has 1 aromatic heterocycles. The molecule has 0 saturated carbocycles. The standard InChI is InChI=1S/C14H16Cl2N2O3S/c1-4-21-14(20)9(5-7(2)3)18-13(19)11-8(6-17)10(15)12(16)22-11/h7,9H,4-5H2,1-3H3,(H,18,19)/t9-/m0/s1. The summed E-state index contributed by atoms with van der Waals surface area (Å²) in [5, 5.41) is 11.7. The minimum absolute atomic E-state index is 0.0151. The molecule has 1 atom stereocenters. The summed E-state index contributed by atoms with van der Waals surface area (Å²) in [4.78, 5) is 24.3. The first kappa shape index (κ1) is 18.8. The lowest BCUT2D eigenvalue weighted by molar-refractivity contribution is -0.145. The Balaban J connectivity index is 2.99. The van der Waals surface area contributed by atoms with Gasteiger partial charge < -0.3 is 10.1 Å². The fraction of sp³-hybridized carbons (Fsp3) is 0.500. The van der Waals surface area contributed by atoms with Crippen LogP contribution in [0.25, 0.3) is 0 Å². The van der Waals surface area contributed by atoms with Crippen molar-refractivity contribution in [3.8, 4) is 6.07 Å². The number of ether oxygens (including phenoxy) is 1. The molecule has 8 heteroatoms. The van der Waals surface area contributed by atoms with Crippen molar-refractivity contribution in [3.63, 3.8) is 0 Å². The molecule has 0 bridgehead atoms. The number of carbonyl (C=O) groups is 2. The average Bonchev–Trinajstić information content (AvgIpc) is 2.73. The first-order chi connectivity index (χ1) is 10.3. The second-order valence-corrected chi connectivity index (χ2v) is 6.91. The van der Waals surface area contributed by atoms with Gasteiger partial charge >= 0.3 is 5.97 Å². The molecule has 0 saturated heterocycles. The second-order valence-electron chi connectivity index (χ2n) is 4.91. The van der Waals surface area contributed by atoms with E-state index in [4.69, 9.17) is 33.2 Å². The molecule has 0 radical (unpaired) electrons. The van der Waals surface area contributed by atoms with Crippen LogP contribution in [0.15, 0.2) is 0 Å². The molecule has 0 aliphatic heterocycles. The first-order valence-corrected chi connectivity index (χ1v) is 8.24. The number of rotatable bonds is 6. The van der Waals surface area contributed by atoms with Gasteiger partial charge in [-0.05, 0) is 19.3 Å². The lowest BCUT2D eigenvalue weighted by Crippen LogP contribution is -2.42. The minimum Gasteiger partial charge on any atom is -0.464 e. The van der Waals surface area contributed by atoms with Crippen molar-refractivity contribution in [2.45, 2.75) is 33.2 Å². The van der Waals surface area contributed by atoms with Gasteiger partial charge in [-0.15, -0.1) is 11.3 Å². The minimum atomic E-state index is -0.779. The molecule has 1 amide bonds. The van der Waals surface area contributed by atoms with Gasteiger partial charge in [0.2, 0.25) is 0 Å². The van der Waals surface area contributed by atoms with Crippen molar-refractivity contribution < 1.29 is 14.3 Å². The lowest BCUT2D eigenvalue weighted by Gasteiger charge is -2.18. The summed E-state index contributed by atoms with van der Waals surface area (Å²) in [6.07, 6.45) is 0.430. The van der Waals surface area contributed by atoms with E-state index in [2.05, 4.69) is 5.32 Å². The molecular formula is C14H16Cl2N2O3S. The third kappa shape index (κ3) is 4.60. The van der Waals surface area contributed by atoms with Gasteiger partial charge in [-0.2, -0.15) is 5.26 Å². The zero-order valence-electron chi connectivity index (χ0n) is 12.4. The Labute approximate surface area is 143 Å². The van der Waals surface area contributed by atoms with E-state index < -0.39 is 17.9 Å². The van der Waals surface area contributed by atoms with E-state index in [-0.39, 0.29) is 32.3 Å². The Bertz CT molecular complexity index is 608. The van der Waals surface area contributed by atoms with E-state index in [0.29, 0.717) is 6.42 Å². The zero-order chi connectivity index (χ0) is 16.9. The number of esters is 1. The largest absolute Gasteiger partial charge is 0.464 e. The summed E-state index contributed by atoms with van der Waals surface area (Å²) in [7, 11) is 0. The van der Waals surface area contributed by atoms with Gasteiger partial charge in [-0.3, -0.25) is 4.79 Å². The van der Waals surface area contributed by atoms with E-state index in [9.17, 15) is 9.59 Å². The molecule has 22 heavy (non-hydrogen) atoms. The van der Waals surface area contributed by atoms with Crippen molar-refractivity contribution in [2.75, 3.05) is 6.61 Å². The van der Waals surface area contributed by atoms with E-state index in [1.54, 1.807) is 6.92 Å². The van der Waals surface area contributed by atoms with Gasteiger partial charge in [0.05, 0.1) is 17.2 Å². The number of nitrogens with zero attached hydrogens (tertiary/aromatic N) is 1. The monoisotopic (exact) mass is 362 g/mol. The fourth-order valence-corrected chi connectivity index (χ4v) is 3.20. The summed E-state index contributed by atoms with van der Waals surface area (Å²) >= 11 is 12.6. The summed E-state index contributed by atoms with van der Waals surface area (Å²) < 4.78 is 5.13. The highest BCUT2D eigenvalue weighted by Gasteiger charge is 2.27. The highest BCUT2D eigenvalue weighted by Crippen LogP contribution is 2.36. The van der Waals surface area contributed by atoms with Gasteiger partial charge in [0.25, 0.3) is 5.91 Å². The van der Waals surface area contributed by atoms with Crippen LogP contribution in [0.5, 0.6) is 0 Å². The molecule has 1 heterocycles. The molecule has 1 N–H and O–H groups in total. The Morgan fingerprint density at radius 3 is 2.55 bits per heavy atom. The van der Waals surface area contributed by atoms with Crippen LogP contribution in [-0.2, 0) is 9.53 Å². The third-order valence-corrected chi connectivity index (χ3v) is 4.70. The number of thiophene rings is 1. The van der Waals surface area contributed by atoms with Crippen molar-refractivity contribution in [3.05, 3.63) is 19.8 Å². The van der Waals surface area contributed by atoms with Gasteiger partial charge in [0, 0.05) is 0 Å². The number of carbonyl (C=O) groups excluding carboxylic acids is 2. The van der Waals surface area contributed by atoms with Crippen molar-refractivity contribution >= 4 is 46.4 Å². The molecule has 120 valence electrons. The van der Waals surface area contributed by atoms with E-state index in [1.165, 1.54) is 0 Å². The Morgan fingerprint density at radius 2 is 2.05 bits per heavy atom. The summed E-state index contributed by atoms with van der Waals surface area (Å²) in [5.74, 6) is -0.883. The van der Waals surface area contributed by atoms with Crippen LogP contribution in [-0.4, -0.2) is 24.5 Å². The molecule has 0 aliphatic rings. The highest BCUT2D eigenvalue weighted by molar-refractivity contribution is 7.19. The maximum atomic E-state index is 12.3. The molecule has 0 unspecified atom stereocenters. The number of amides is 1. The molecule has 5 nitrogen and oxygen atoms in total. The predicted molar refractivity (Wildman–Crippen MR) is 86.4 cm³/mol. The molecule has 0 aromatic carbocycles. The van der Waals surface area contributed by atoms with Crippen molar-refractivity contribution in [1.82, 2.24) is 5.32 Å². The zero-order valence-corrected chi connectivity index (χ0v) is 14.7. The average molecular weight is 363 g/mol. The number of nitriles is 1. The van der Waals surface area contributed by atoms with Crippen molar-refractivity contribution in [1.29, 1.82) is 5.26 Å². The molecule has 1 rings (SSSR count). The lowest BCUT2D eigenvalue weighted by atomic mass is 10.0. The SMILES string of the molecule is CCOC(=O)[C@H](CC(C)C)NC(=O)c1sc(Cl)c(Cl)c1C#N. The van der Waals surface area contributed by atoms with E-state index >= 15 is 0 Å². The molecule has 0 aliphatic carbocycles. The Kier molecular flexibility index (Phi) is 7.14. The molecule has 0 spiro atoms. The quantitative estimate of drug-likeness (QED) is 0.783. The van der Waals surface area contributed by atoms with Gasteiger partial charge in [0.1, 0.15) is 21.3 Å². The summed E-state index contributed by atoms with van der Waals surface area (Å²) in [6, 6.07) is 1.07. The Morgan fingerprint density at radius 1 is 1.41 bits per heavy atom. The predicted octanol–water partition coefficient (Wildman–Crippen LogP) is 3.63. The van der Waals surface area contributed by atoms with E-state index in [1.807, 2.05) is 19.9 Å². The number of hydrogen-bond acceptors (Lipinski definition) is 5. The molecule has 0 fully saturated rings. The molecule has 1 aromatic rings. The summed E-state index contributed by atoms with van der Waals surface area (Å²) in [6.45, 7) is 5.78. The van der Waals surface area contributed by atoms with Gasteiger partial charge in [0.15, 0.2) is 0 Å². The van der Waals surface area contributed by atoms with Gasteiger partial charge in [-0.25, -0.2) is 4.79 Å². The van der Waals surface area contributed by atoms with Crippen LogP contribution in [0.2, 0.25) is 9.36 Å². The topological polar surface area (TPSA) is 79.2 Å². The molecular weight excluding hydrogens is 347 g/mol. The smallest absolute Gasteiger partial charge is 0.328 e. The third-order valence-electron chi connectivity index (χ3n) is 2.71. The highest BCUT2D eigenvalue weighted by atomic mass is 35.5. The normalized spacial score (nSPS) is 11.9. The van der Waals surface area contributed by atoms with Crippen molar-refractivity contribution in [2.24, 2.45) is 5.92 Å². The van der Waals surface area contributed by atoms with Gasteiger partial charge in [-0.1, -0.05) is 37.0 Å². The maximum absolute atomic E-state index is 12.3. The maximum Gasteiger partial charge on any atom is 0.328 e.